The van der Waals surface area contributed by atoms with Gasteiger partial charge in [0.1, 0.15) is 12.1 Å². The molecule has 0 aromatic carbocycles. The van der Waals surface area contributed by atoms with Gasteiger partial charge in [-0.3, -0.25) is 0 Å². The van der Waals surface area contributed by atoms with Gasteiger partial charge in [-0.1, -0.05) is 6.92 Å². The molecule has 0 spiro atoms. The fourth-order valence-electron chi connectivity index (χ4n) is 1.51. The lowest BCUT2D eigenvalue weighted by Crippen LogP contribution is -2.14. The summed E-state index contributed by atoms with van der Waals surface area (Å²) in [6, 6.07) is 1.91. The highest BCUT2D eigenvalue weighted by Crippen LogP contribution is 2.48. The summed E-state index contributed by atoms with van der Waals surface area (Å²) in [7, 11) is 0. The van der Waals surface area contributed by atoms with Crippen molar-refractivity contribution < 1.29 is 0 Å². The first-order chi connectivity index (χ1) is 6.35. The van der Waals surface area contributed by atoms with Gasteiger partial charge in [0, 0.05) is 12.7 Å². The van der Waals surface area contributed by atoms with Crippen molar-refractivity contribution in [2.45, 2.75) is 26.2 Å². The fraction of sp³-hybridized carbons (Fsp3) is 0.600. The van der Waals surface area contributed by atoms with Gasteiger partial charge in [-0.25, -0.2) is 9.97 Å². The van der Waals surface area contributed by atoms with Gasteiger partial charge in [0.2, 0.25) is 0 Å². The molecule has 1 heterocycles. The maximum Gasteiger partial charge on any atom is 0.129 e. The minimum absolute atomic E-state index is 0.574. The monoisotopic (exact) mass is 177 g/mol. The fourth-order valence-corrected chi connectivity index (χ4v) is 1.51. The van der Waals surface area contributed by atoms with Gasteiger partial charge in [-0.15, -0.1) is 0 Å². The van der Waals surface area contributed by atoms with Crippen LogP contribution in [0.5, 0.6) is 0 Å². The molecule has 13 heavy (non-hydrogen) atoms. The summed E-state index contributed by atoms with van der Waals surface area (Å²) in [5, 5.41) is 3.35. The number of nitrogens with zero attached hydrogens (tertiary/aromatic N) is 2. The number of aromatic nitrogens is 2. The van der Waals surface area contributed by atoms with E-state index in [2.05, 4.69) is 22.2 Å². The number of nitrogens with one attached hydrogen (secondary N) is 1. The molecule has 3 nitrogen and oxygen atoms in total. The summed E-state index contributed by atoms with van der Waals surface area (Å²) in [5.74, 6) is 0.940. The first-order valence-electron chi connectivity index (χ1n) is 4.85. The molecule has 1 aromatic rings. The lowest BCUT2D eigenvalue weighted by molar-refractivity contribution is 0.520. The largest absolute Gasteiger partial charge is 0.369 e. The third-order valence-corrected chi connectivity index (χ3v) is 2.93. The average Bonchev–Trinajstić information content (AvgIpc) is 2.97. The standard InChI is InChI=1S/C10H15N3/c1-2-10(4-5-10)7-12-9-3-6-11-8-13-9/h3,6,8H,2,4-5,7H2,1H3,(H,11,12,13). The van der Waals surface area contributed by atoms with Crippen LogP contribution in [0.1, 0.15) is 26.2 Å². The summed E-state index contributed by atoms with van der Waals surface area (Å²) in [4.78, 5) is 8.00. The summed E-state index contributed by atoms with van der Waals surface area (Å²) in [6.07, 6.45) is 7.34. The Labute approximate surface area is 78.6 Å². The van der Waals surface area contributed by atoms with E-state index in [1.165, 1.54) is 19.3 Å². The van der Waals surface area contributed by atoms with Crippen molar-refractivity contribution in [3.8, 4) is 0 Å². The molecule has 0 aliphatic heterocycles. The van der Waals surface area contributed by atoms with Crippen molar-refractivity contribution in [1.29, 1.82) is 0 Å². The molecule has 0 radical (unpaired) electrons. The molecule has 0 atom stereocenters. The Balaban J connectivity index is 1.86. The van der Waals surface area contributed by atoms with E-state index < -0.39 is 0 Å². The van der Waals surface area contributed by atoms with E-state index in [0.717, 1.165) is 12.4 Å². The van der Waals surface area contributed by atoms with Gasteiger partial charge in [0.25, 0.3) is 0 Å². The van der Waals surface area contributed by atoms with Gasteiger partial charge < -0.3 is 5.32 Å². The Morgan fingerprint density at radius 1 is 1.54 bits per heavy atom. The Morgan fingerprint density at radius 2 is 2.38 bits per heavy atom. The van der Waals surface area contributed by atoms with Gasteiger partial charge >= 0.3 is 0 Å². The Hall–Kier alpha value is -1.12. The molecule has 1 saturated carbocycles. The van der Waals surface area contributed by atoms with Crippen LogP contribution in [0.4, 0.5) is 5.82 Å². The molecule has 1 aliphatic carbocycles. The highest BCUT2D eigenvalue weighted by molar-refractivity contribution is 5.32. The van der Waals surface area contributed by atoms with Crippen LogP contribution < -0.4 is 5.32 Å². The van der Waals surface area contributed by atoms with Crippen LogP contribution >= 0.6 is 0 Å². The Morgan fingerprint density at radius 3 is 2.92 bits per heavy atom. The lowest BCUT2D eigenvalue weighted by Gasteiger charge is -2.13. The zero-order valence-corrected chi connectivity index (χ0v) is 7.95. The van der Waals surface area contributed by atoms with Crippen molar-refractivity contribution in [2.75, 3.05) is 11.9 Å². The molecule has 3 heteroatoms. The second kappa shape index (κ2) is 3.32. The first-order valence-corrected chi connectivity index (χ1v) is 4.85. The van der Waals surface area contributed by atoms with E-state index in [1.54, 1.807) is 12.5 Å². The number of hydrogen-bond donors (Lipinski definition) is 1. The summed E-state index contributed by atoms with van der Waals surface area (Å²) in [6.45, 7) is 3.31. The summed E-state index contributed by atoms with van der Waals surface area (Å²) in [5.41, 5.74) is 0.574. The van der Waals surface area contributed by atoms with Crippen LogP contribution in [0.25, 0.3) is 0 Å². The van der Waals surface area contributed by atoms with Crippen LogP contribution in [0.2, 0.25) is 0 Å². The zero-order chi connectivity index (χ0) is 9.15. The second-order valence-electron chi connectivity index (χ2n) is 3.80. The lowest BCUT2D eigenvalue weighted by atomic mass is 10.0. The minimum atomic E-state index is 0.574. The van der Waals surface area contributed by atoms with Gasteiger partial charge in [-0.2, -0.15) is 0 Å². The summed E-state index contributed by atoms with van der Waals surface area (Å²) >= 11 is 0. The van der Waals surface area contributed by atoms with Crippen molar-refractivity contribution in [2.24, 2.45) is 5.41 Å². The van der Waals surface area contributed by atoms with Crippen LogP contribution in [0.15, 0.2) is 18.6 Å². The molecule has 0 amide bonds. The van der Waals surface area contributed by atoms with Crippen molar-refractivity contribution in [3.05, 3.63) is 18.6 Å². The molecule has 0 saturated heterocycles. The van der Waals surface area contributed by atoms with Crippen LogP contribution in [0.3, 0.4) is 0 Å². The minimum Gasteiger partial charge on any atom is -0.369 e. The maximum absolute atomic E-state index is 4.12. The first kappa shape index (κ1) is 8.48. The predicted molar refractivity (Wildman–Crippen MR) is 52.5 cm³/mol. The van der Waals surface area contributed by atoms with E-state index in [-0.39, 0.29) is 0 Å². The van der Waals surface area contributed by atoms with Crippen LogP contribution in [-0.2, 0) is 0 Å². The van der Waals surface area contributed by atoms with Crippen LogP contribution in [-0.4, -0.2) is 16.5 Å². The highest BCUT2D eigenvalue weighted by atomic mass is 15.0. The highest BCUT2D eigenvalue weighted by Gasteiger charge is 2.40. The van der Waals surface area contributed by atoms with E-state index in [1.807, 2.05) is 6.07 Å². The summed E-state index contributed by atoms with van der Waals surface area (Å²) < 4.78 is 0. The third kappa shape index (κ3) is 1.97. The van der Waals surface area contributed by atoms with Gasteiger partial charge in [-0.05, 0) is 30.7 Å². The second-order valence-corrected chi connectivity index (χ2v) is 3.80. The molecule has 1 N–H and O–H groups in total. The molecule has 70 valence electrons. The molecule has 2 rings (SSSR count). The molecule has 0 bridgehead atoms. The molecular formula is C10H15N3. The van der Waals surface area contributed by atoms with Gasteiger partial charge in [0.05, 0.1) is 0 Å². The Bertz CT molecular complexity index is 267. The van der Waals surface area contributed by atoms with Crippen molar-refractivity contribution in [1.82, 2.24) is 9.97 Å². The van der Waals surface area contributed by atoms with E-state index in [4.69, 9.17) is 0 Å². The van der Waals surface area contributed by atoms with E-state index in [0.29, 0.717) is 5.41 Å². The van der Waals surface area contributed by atoms with Crippen molar-refractivity contribution in [3.63, 3.8) is 0 Å². The van der Waals surface area contributed by atoms with E-state index in [9.17, 15) is 0 Å². The molecule has 1 fully saturated rings. The van der Waals surface area contributed by atoms with Gasteiger partial charge in [0.15, 0.2) is 0 Å². The smallest absolute Gasteiger partial charge is 0.129 e. The molecule has 1 aromatic heterocycles. The van der Waals surface area contributed by atoms with E-state index >= 15 is 0 Å². The average molecular weight is 177 g/mol. The quantitative estimate of drug-likeness (QED) is 0.765. The third-order valence-electron chi connectivity index (χ3n) is 2.93. The maximum atomic E-state index is 4.12. The normalized spacial score (nSPS) is 18.2. The topological polar surface area (TPSA) is 37.8 Å². The number of hydrogen-bond acceptors (Lipinski definition) is 3. The van der Waals surface area contributed by atoms with Crippen molar-refractivity contribution >= 4 is 5.82 Å². The molecular weight excluding hydrogens is 162 g/mol. The zero-order valence-electron chi connectivity index (χ0n) is 7.95. The SMILES string of the molecule is CCC1(CNc2ccncn2)CC1. The predicted octanol–water partition coefficient (Wildman–Crippen LogP) is 2.08. The number of anilines is 1. The number of rotatable bonds is 4. The Kier molecular flexibility index (Phi) is 2.17. The molecule has 1 aliphatic rings. The molecule has 0 unspecified atom stereocenters. The van der Waals surface area contributed by atoms with Crippen LogP contribution in [0, 0.1) is 5.41 Å².